The number of anilines is 2. The van der Waals surface area contributed by atoms with E-state index < -0.39 is 36.4 Å². The van der Waals surface area contributed by atoms with Crippen molar-refractivity contribution in [1.29, 1.82) is 0 Å². The first kappa shape index (κ1) is 38.9. The van der Waals surface area contributed by atoms with Gasteiger partial charge >= 0.3 is 12.1 Å². The van der Waals surface area contributed by atoms with Crippen molar-refractivity contribution >= 4 is 40.7 Å². The maximum Gasteiger partial charge on any atom is 0.490 e. The zero-order valence-electron chi connectivity index (χ0n) is 29.2. The molecule has 4 aromatic rings. The highest BCUT2D eigenvalue weighted by atomic mass is 19.4. The number of hydrogen-bond donors (Lipinski definition) is 6. The highest BCUT2D eigenvalue weighted by molar-refractivity contribution is 5.85. The van der Waals surface area contributed by atoms with Gasteiger partial charge in [-0.1, -0.05) is 74.5 Å². The monoisotopic (exact) mass is 740 g/mol. The lowest BCUT2D eigenvalue weighted by Gasteiger charge is -2.22. The minimum atomic E-state index is -5.08. The minimum absolute atomic E-state index is 0.00927. The second-order valence-corrected chi connectivity index (χ2v) is 12.9. The molecule has 0 radical (unpaired) electrons. The van der Waals surface area contributed by atoms with Gasteiger partial charge < -0.3 is 40.7 Å². The van der Waals surface area contributed by atoms with E-state index in [0.717, 1.165) is 17.5 Å². The number of imidazole rings is 1. The van der Waals surface area contributed by atoms with Gasteiger partial charge in [0.2, 0.25) is 17.8 Å². The Balaban J connectivity index is 0.000000705. The minimum Gasteiger partial charge on any atom is -0.475 e. The van der Waals surface area contributed by atoms with Crippen LogP contribution in [0.4, 0.5) is 24.9 Å². The van der Waals surface area contributed by atoms with Gasteiger partial charge in [-0.15, -0.1) is 0 Å². The van der Waals surface area contributed by atoms with E-state index in [2.05, 4.69) is 45.1 Å². The molecule has 2 aliphatic rings. The Kier molecular flexibility index (Phi) is 12.5. The number of carbonyl (C=O) groups excluding carboxylic acids is 2. The summed E-state index contributed by atoms with van der Waals surface area (Å²) >= 11 is 0. The number of aliphatic hydroxyl groups excluding tert-OH is 2. The molecule has 284 valence electrons. The van der Waals surface area contributed by atoms with Crippen LogP contribution in [-0.2, 0) is 14.4 Å². The van der Waals surface area contributed by atoms with Crippen LogP contribution in [-0.4, -0.2) is 103 Å². The maximum atomic E-state index is 12.1. The summed E-state index contributed by atoms with van der Waals surface area (Å²) in [6.07, 6.45) is -3.92. The Bertz CT molecular complexity index is 1820. The quantitative estimate of drug-likeness (QED) is 0.132. The van der Waals surface area contributed by atoms with Crippen LogP contribution >= 0.6 is 0 Å². The average molecular weight is 741 g/mol. The summed E-state index contributed by atoms with van der Waals surface area (Å²) in [6.45, 7) is 5.36. The molecule has 53 heavy (non-hydrogen) atoms. The van der Waals surface area contributed by atoms with Crippen molar-refractivity contribution in [2.75, 3.05) is 29.9 Å². The summed E-state index contributed by atoms with van der Waals surface area (Å²) in [5.41, 5.74) is 3.38. The third kappa shape index (κ3) is 9.39. The molecule has 0 unspecified atom stereocenters. The van der Waals surface area contributed by atoms with Crippen LogP contribution in [0.3, 0.4) is 0 Å². The number of benzene rings is 2. The van der Waals surface area contributed by atoms with E-state index in [-0.39, 0.29) is 30.2 Å². The van der Waals surface area contributed by atoms with Crippen LogP contribution in [0, 0.1) is 0 Å². The second kappa shape index (κ2) is 17.0. The number of carboxylic acids is 1. The molecule has 14 nitrogen and oxygen atoms in total. The summed E-state index contributed by atoms with van der Waals surface area (Å²) < 4.78 is 33.5. The van der Waals surface area contributed by atoms with Crippen LogP contribution in [0.25, 0.3) is 11.2 Å². The number of rotatable bonds is 11. The molecule has 3 heterocycles. The Morgan fingerprint density at radius 3 is 2.06 bits per heavy atom. The van der Waals surface area contributed by atoms with Crippen LogP contribution in [0.15, 0.2) is 67.0 Å². The normalized spacial score (nSPS) is 21.3. The van der Waals surface area contributed by atoms with Gasteiger partial charge in [-0.3, -0.25) is 9.59 Å². The number of halogens is 3. The van der Waals surface area contributed by atoms with Crippen molar-refractivity contribution in [1.82, 2.24) is 30.2 Å². The number of nitrogens with one attached hydrogen (secondary N) is 3. The number of aliphatic hydroxyl groups is 2. The topological polar surface area (TPSA) is 195 Å². The van der Waals surface area contributed by atoms with E-state index >= 15 is 0 Å². The van der Waals surface area contributed by atoms with Crippen molar-refractivity contribution in [3.05, 3.63) is 78.1 Å². The Labute approximate surface area is 303 Å². The summed E-state index contributed by atoms with van der Waals surface area (Å²) in [5.74, 6) is -1.85. The molecule has 1 aliphatic heterocycles. The molecule has 6 N–H and O–H groups in total. The van der Waals surface area contributed by atoms with Gasteiger partial charge in [0, 0.05) is 44.4 Å². The van der Waals surface area contributed by atoms with E-state index in [1.54, 1.807) is 17.8 Å². The summed E-state index contributed by atoms with van der Waals surface area (Å²) in [4.78, 5) is 49.8. The first-order valence-electron chi connectivity index (χ1n) is 17.4. The van der Waals surface area contributed by atoms with E-state index in [1.807, 2.05) is 43.3 Å². The van der Waals surface area contributed by atoms with Crippen molar-refractivity contribution < 1.29 is 42.9 Å². The van der Waals surface area contributed by atoms with Crippen molar-refractivity contribution in [2.45, 2.75) is 82.0 Å². The van der Waals surface area contributed by atoms with Crippen LogP contribution in [0.2, 0.25) is 0 Å². The summed E-state index contributed by atoms with van der Waals surface area (Å²) in [5, 5.41) is 38.5. The van der Waals surface area contributed by atoms with Gasteiger partial charge in [-0.05, 0) is 24.0 Å². The molecule has 0 bridgehead atoms. The molecule has 5 atom stereocenters. The lowest BCUT2D eigenvalue weighted by Crippen LogP contribution is -2.42. The van der Waals surface area contributed by atoms with E-state index in [4.69, 9.17) is 24.9 Å². The number of fused-ring (bicyclic) bond motifs is 1. The molecule has 17 heteroatoms. The molecule has 1 saturated carbocycles. The number of aliphatic carboxylic acids is 1. The number of nitrogens with zero attached hydrogens (tertiary/aromatic N) is 5. The molecule has 0 spiro atoms. The lowest BCUT2D eigenvalue weighted by molar-refractivity contribution is -0.192. The zero-order valence-corrected chi connectivity index (χ0v) is 29.2. The molecule has 6 rings (SSSR count). The van der Waals surface area contributed by atoms with Gasteiger partial charge in [0.15, 0.2) is 17.0 Å². The average Bonchev–Trinajstić information content (AvgIpc) is 3.87. The SMILES string of the molecule is CCC(=O)N[C@@H]1CCN(c2nc(NCC(c3ccccc3)c3ccccc3)c3ncn([C@@H]4C[C@H](NC(=O)CC)[C@@H](O)[C@H]4O)c3n2)C1.O=C(O)C(F)(F)F. The van der Waals surface area contributed by atoms with Gasteiger partial charge in [0.1, 0.15) is 12.2 Å². The standard InChI is InChI=1S/C34H42N8O4.C2HF3O2/c1-3-27(43)37-23-15-16-41(19-23)34-39-32(35-18-24(21-11-7-5-8-12-21)22-13-9-6-10-14-22)29-33(40-34)42(20-36-29)26-17-25(30(45)31(26)46)38-28(44)4-2;3-2(4,5)1(6)7/h5-14,20,23-26,30-31,45-46H,3-4,15-19H2,1-2H3,(H,37,43)(H,38,44)(H,35,39,40);(H,6,7)/t23-,25+,26-,30-,31+;/m1./s1. The van der Waals surface area contributed by atoms with Crippen molar-refractivity contribution in [3.63, 3.8) is 0 Å². The summed E-state index contributed by atoms with van der Waals surface area (Å²) in [6, 6.07) is 19.4. The van der Waals surface area contributed by atoms with E-state index in [9.17, 15) is 33.0 Å². The third-order valence-electron chi connectivity index (χ3n) is 9.36. The maximum absolute atomic E-state index is 12.1. The summed E-state index contributed by atoms with van der Waals surface area (Å²) in [7, 11) is 0. The predicted octanol–water partition coefficient (Wildman–Crippen LogP) is 3.37. The molecule has 2 amide bonds. The molecule has 1 saturated heterocycles. The van der Waals surface area contributed by atoms with E-state index in [1.165, 1.54) is 0 Å². The Hall–Kier alpha value is -5.29. The molecular weight excluding hydrogens is 697 g/mol. The Morgan fingerprint density at radius 2 is 1.49 bits per heavy atom. The van der Waals surface area contributed by atoms with Gasteiger partial charge in [0.05, 0.1) is 18.4 Å². The smallest absolute Gasteiger partial charge is 0.475 e. The fraction of sp³-hybridized carbons (Fsp3) is 0.444. The lowest BCUT2D eigenvalue weighted by atomic mass is 9.91. The van der Waals surface area contributed by atoms with Gasteiger partial charge in [0.25, 0.3) is 0 Å². The van der Waals surface area contributed by atoms with Crippen LogP contribution in [0.1, 0.15) is 62.6 Å². The van der Waals surface area contributed by atoms with Gasteiger partial charge in [-0.2, -0.15) is 23.1 Å². The fourth-order valence-electron chi connectivity index (χ4n) is 6.54. The zero-order chi connectivity index (χ0) is 38.3. The number of hydrogen-bond acceptors (Lipinski definition) is 10. The van der Waals surface area contributed by atoms with E-state index in [0.29, 0.717) is 55.4 Å². The Morgan fingerprint density at radius 1 is 0.906 bits per heavy atom. The number of amides is 2. The van der Waals surface area contributed by atoms with Crippen molar-refractivity contribution in [3.8, 4) is 0 Å². The number of carboxylic acid groups (broad SMARTS) is 1. The first-order chi connectivity index (χ1) is 25.3. The van der Waals surface area contributed by atoms with Crippen molar-refractivity contribution in [2.24, 2.45) is 0 Å². The largest absolute Gasteiger partial charge is 0.490 e. The molecule has 2 aromatic carbocycles. The van der Waals surface area contributed by atoms with Crippen LogP contribution < -0.4 is 20.9 Å². The fourth-order valence-corrected chi connectivity index (χ4v) is 6.54. The predicted molar refractivity (Wildman–Crippen MR) is 189 cm³/mol. The second-order valence-electron chi connectivity index (χ2n) is 12.9. The molecule has 1 aliphatic carbocycles. The molecular formula is C36H43F3N8O6. The van der Waals surface area contributed by atoms with Gasteiger partial charge in [-0.25, -0.2) is 9.78 Å². The first-order valence-corrected chi connectivity index (χ1v) is 17.4. The third-order valence-corrected chi connectivity index (χ3v) is 9.36. The van der Waals surface area contributed by atoms with Crippen LogP contribution in [0.5, 0.6) is 0 Å². The highest BCUT2D eigenvalue weighted by Gasteiger charge is 2.44. The molecule has 2 aromatic heterocycles. The number of carbonyl (C=O) groups is 3. The highest BCUT2D eigenvalue weighted by Crippen LogP contribution is 2.35. The molecule has 2 fully saturated rings. The number of aromatic nitrogens is 4. The number of alkyl halides is 3.